The zero-order chi connectivity index (χ0) is 56.9. The van der Waals surface area contributed by atoms with Crippen molar-refractivity contribution in [2.24, 2.45) is 35.0 Å². The van der Waals surface area contributed by atoms with Crippen molar-refractivity contribution < 1.29 is 53.1 Å². The van der Waals surface area contributed by atoms with Crippen molar-refractivity contribution in [2.75, 3.05) is 38.2 Å². The van der Waals surface area contributed by atoms with Crippen LogP contribution in [-0.4, -0.2) is 161 Å². The highest BCUT2D eigenvalue weighted by Crippen LogP contribution is 2.11. The zero-order valence-electron chi connectivity index (χ0n) is 44.7. The molecular formula is C50H82N14O11S. The van der Waals surface area contributed by atoms with Crippen molar-refractivity contribution in [2.45, 2.75) is 141 Å². The quantitative estimate of drug-likeness (QED) is 0.0308. The van der Waals surface area contributed by atoms with Crippen molar-refractivity contribution in [1.29, 1.82) is 0 Å². The van der Waals surface area contributed by atoms with E-state index in [4.69, 9.17) is 17.2 Å². The summed E-state index contributed by atoms with van der Waals surface area (Å²) in [6.45, 7) is 8.75. The number of hydrogen-bond acceptors (Lipinski definition) is 15. The Labute approximate surface area is 448 Å². The summed E-state index contributed by atoms with van der Waals surface area (Å²) in [5.41, 5.74) is 18.5. The average molecular weight is 1090 g/mol. The molecule has 2 aromatic rings. The number of primary amides is 1. The molecule has 0 aliphatic rings. The van der Waals surface area contributed by atoms with E-state index in [1.165, 1.54) is 24.3 Å². The lowest BCUT2D eigenvalue weighted by Gasteiger charge is -2.27. The summed E-state index contributed by atoms with van der Waals surface area (Å²) in [5.74, 6) is -7.69. The van der Waals surface area contributed by atoms with Gasteiger partial charge in [-0.3, -0.25) is 47.9 Å². The first-order chi connectivity index (χ1) is 36.0. The van der Waals surface area contributed by atoms with Crippen LogP contribution in [0.15, 0.2) is 42.9 Å². The Hall–Kier alpha value is -6.64. The molecule has 0 radical (unpaired) electrons. The van der Waals surface area contributed by atoms with Crippen molar-refractivity contribution in [3.63, 3.8) is 0 Å². The van der Waals surface area contributed by atoms with Gasteiger partial charge in [0.15, 0.2) is 0 Å². The van der Waals surface area contributed by atoms with E-state index < -0.39 is 133 Å². The minimum atomic E-state index is -1.62. The van der Waals surface area contributed by atoms with Crippen LogP contribution in [0.1, 0.15) is 91.3 Å². The molecule has 8 atom stereocenters. The number of unbranched alkanes of at least 4 members (excludes halogenated alkanes) is 1. The number of aromatic amines is 1. The van der Waals surface area contributed by atoms with Gasteiger partial charge >= 0.3 is 0 Å². The second kappa shape index (κ2) is 34.8. The first-order valence-electron chi connectivity index (χ1n) is 25.5. The predicted molar refractivity (Wildman–Crippen MR) is 286 cm³/mol. The van der Waals surface area contributed by atoms with Crippen LogP contribution in [0.4, 0.5) is 0 Å². The van der Waals surface area contributed by atoms with Crippen molar-refractivity contribution in [3.8, 4) is 0 Å². The molecule has 8 unspecified atom stereocenters. The number of hydrogen-bond donors (Lipinski definition) is 14. The topological polar surface area (TPSA) is 406 Å². The van der Waals surface area contributed by atoms with Gasteiger partial charge in [-0.15, -0.1) is 0 Å². The number of rotatable bonds is 36. The number of aliphatic hydroxyl groups excluding tert-OH is 1. The summed E-state index contributed by atoms with van der Waals surface area (Å²) in [7, 11) is 0. The number of carbonyl (C=O) groups is 10. The Bertz CT molecular complexity index is 2180. The largest absolute Gasteiger partial charge is 0.394 e. The molecule has 0 fully saturated rings. The van der Waals surface area contributed by atoms with E-state index in [0.717, 1.165) is 0 Å². The molecule has 26 heteroatoms. The fourth-order valence-electron chi connectivity index (χ4n) is 7.61. The number of thioether (sulfide) groups is 1. The molecule has 0 aliphatic carbocycles. The fraction of sp³-hybridized carbons (Fsp3) is 0.620. The second-order valence-electron chi connectivity index (χ2n) is 19.6. The number of benzene rings is 1. The number of aliphatic hydroxyl groups is 1. The van der Waals surface area contributed by atoms with Crippen molar-refractivity contribution >= 4 is 70.8 Å². The van der Waals surface area contributed by atoms with Gasteiger partial charge in [0.2, 0.25) is 59.1 Å². The van der Waals surface area contributed by atoms with Gasteiger partial charge in [-0.25, -0.2) is 4.98 Å². The lowest BCUT2D eigenvalue weighted by molar-refractivity contribution is -0.135. The highest BCUT2D eigenvalue weighted by atomic mass is 32.2. The molecule has 1 aromatic heterocycles. The Morgan fingerprint density at radius 2 is 1.14 bits per heavy atom. The number of aromatic nitrogens is 2. The van der Waals surface area contributed by atoms with Crippen LogP contribution in [0.2, 0.25) is 0 Å². The van der Waals surface area contributed by atoms with Crippen LogP contribution in [0.3, 0.4) is 0 Å². The van der Waals surface area contributed by atoms with E-state index in [-0.39, 0.29) is 43.9 Å². The lowest BCUT2D eigenvalue weighted by Crippen LogP contribution is -2.60. The molecule has 10 amide bonds. The summed E-state index contributed by atoms with van der Waals surface area (Å²) in [4.78, 5) is 140. The number of nitrogens with one attached hydrogen (secondary N) is 10. The van der Waals surface area contributed by atoms with E-state index >= 15 is 0 Å². The van der Waals surface area contributed by atoms with E-state index in [1.54, 1.807) is 44.2 Å². The molecule has 0 saturated carbocycles. The first kappa shape index (κ1) is 65.5. The highest BCUT2D eigenvalue weighted by molar-refractivity contribution is 7.98. The van der Waals surface area contributed by atoms with Gasteiger partial charge in [0.1, 0.15) is 42.3 Å². The Morgan fingerprint density at radius 1 is 0.618 bits per heavy atom. The van der Waals surface area contributed by atoms with Gasteiger partial charge in [0, 0.05) is 24.7 Å². The van der Waals surface area contributed by atoms with Gasteiger partial charge in [0.05, 0.1) is 32.1 Å². The number of H-pyrrole nitrogens is 1. The number of amides is 10. The molecule has 2 rings (SSSR count). The highest BCUT2D eigenvalue weighted by Gasteiger charge is 2.33. The number of carbonyl (C=O) groups excluding carboxylic acids is 10. The molecule has 1 heterocycles. The lowest BCUT2D eigenvalue weighted by atomic mass is 10.0. The minimum absolute atomic E-state index is 0.0494. The third kappa shape index (κ3) is 24.8. The first-order valence-corrected chi connectivity index (χ1v) is 26.9. The number of nitrogens with two attached hydrogens (primary N) is 3. The van der Waals surface area contributed by atoms with E-state index in [9.17, 15) is 53.1 Å². The van der Waals surface area contributed by atoms with E-state index in [1.807, 2.05) is 34.0 Å². The van der Waals surface area contributed by atoms with Crippen LogP contribution in [0.5, 0.6) is 0 Å². The molecule has 0 spiro atoms. The molecule has 17 N–H and O–H groups in total. The number of nitrogens with zero attached hydrogens (tertiary/aromatic N) is 1. The Morgan fingerprint density at radius 3 is 1.68 bits per heavy atom. The SMILES string of the molecule is CSCCC(NC(=O)C(CC(C)C)NC(=O)CNC(=O)C(NC(=O)C(Cc1ccccc1)NC(=O)C(CO)NC(=O)CNC(=O)C(CC(C)C)NC(=O)C(CCCCN)NC(=O)C(N)Cc1cnc[nH]1)C(C)C)C(N)=O. The summed E-state index contributed by atoms with van der Waals surface area (Å²) in [6.07, 6.45) is 6.72. The molecule has 0 saturated heterocycles. The van der Waals surface area contributed by atoms with Crippen LogP contribution in [-0.2, 0) is 60.8 Å². The zero-order valence-corrected chi connectivity index (χ0v) is 45.5. The Balaban J connectivity index is 2.16. The molecule has 25 nitrogen and oxygen atoms in total. The summed E-state index contributed by atoms with van der Waals surface area (Å²) in [5, 5.41) is 33.3. The molecule has 424 valence electrons. The Kier molecular flexibility index (Phi) is 30.0. The van der Waals surface area contributed by atoms with Gasteiger partial charge in [-0.2, -0.15) is 11.8 Å². The predicted octanol–water partition coefficient (Wildman–Crippen LogP) is -2.74. The van der Waals surface area contributed by atoms with E-state index in [2.05, 4.69) is 57.8 Å². The smallest absolute Gasteiger partial charge is 0.245 e. The molecule has 76 heavy (non-hydrogen) atoms. The molecule has 0 aliphatic heterocycles. The summed E-state index contributed by atoms with van der Waals surface area (Å²) < 4.78 is 0. The molecule has 1 aromatic carbocycles. The van der Waals surface area contributed by atoms with Gasteiger partial charge in [-0.05, 0) is 80.4 Å². The van der Waals surface area contributed by atoms with Crippen LogP contribution in [0, 0.1) is 17.8 Å². The maximum atomic E-state index is 14.0. The minimum Gasteiger partial charge on any atom is -0.394 e. The van der Waals surface area contributed by atoms with Crippen LogP contribution >= 0.6 is 11.8 Å². The molecule has 0 bridgehead atoms. The fourth-order valence-corrected chi connectivity index (χ4v) is 8.08. The average Bonchev–Trinajstić information content (AvgIpc) is 3.88. The normalized spacial score (nSPS) is 14.4. The van der Waals surface area contributed by atoms with Crippen LogP contribution < -0.4 is 65.1 Å². The standard InChI is InChI=1S/C50H82N14O11S/c1-28(2)19-36(62-46(71)35(15-11-12-17-51)61-44(69)33(52)22-32-23-54-27-57-32)45(70)55-24-41(67)59-39(26-65)49(74)63-38(21-31-13-9-8-10-14-31)48(73)64-42(30(5)6)50(75)56-25-40(66)58-37(20-29(3)4)47(72)60-34(43(53)68)16-18-76-7/h8-10,13-14,23,27-30,33-39,42,65H,11-12,15-22,24-26,51-52H2,1-7H3,(H2,53,68)(H,54,57)(H,55,70)(H,56,75)(H,58,66)(H,59,67)(H,60,72)(H,61,69)(H,62,71)(H,63,74)(H,64,73). The third-order valence-electron chi connectivity index (χ3n) is 11.7. The maximum absolute atomic E-state index is 14.0. The van der Waals surface area contributed by atoms with Crippen molar-refractivity contribution in [1.82, 2.24) is 57.8 Å². The number of imidazole rings is 1. The summed E-state index contributed by atoms with van der Waals surface area (Å²) in [6, 6.07) is -0.925. The van der Waals surface area contributed by atoms with Gasteiger partial charge < -0.3 is 75.1 Å². The van der Waals surface area contributed by atoms with E-state index in [0.29, 0.717) is 42.8 Å². The third-order valence-corrected chi connectivity index (χ3v) is 12.4. The molecular weight excluding hydrogens is 1000 g/mol. The van der Waals surface area contributed by atoms with Crippen LogP contribution in [0.25, 0.3) is 0 Å². The monoisotopic (exact) mass is 1090 g/mol. The van der Waals surface area contributed by atoms with Crippen molar-refractivity contribution in [3.05, 3.63) is 54.1 Å². The van der Waals surface area contributed by atoms with Gasteiger partial charge in [0.25, 0.3) is 0 Å². The maximum Gasteiger partial charge on any atom is 0.245 e. The van der Waals surface area contributed by atoms with Gasteiger partial charge in [-0.1, -0.05) is 71.9 Å². The summed E-state index contributed by atoms with van der Waals surface area (Å²) >= 11 is 1.47. The second-order valence-corrected chi connectivity index (χ2v) is 20.6.